The highest BCUT2D eigenvalue weighted by Gasteiger charge is 2.20. The maximum atomic E-state index is 9.67. The second kappa shape index (κ2) is 5.60. The van der Waals surface area contributed by atoms with Gasteiger partial charge in [0.25, 0.3) is 0 Å². The Morgan fingerprint density at radius 2 is 2.38 bits per heavy atom. The lowest BCUT2D eigenvalue weighted by atomic mass is 10.1. The van der Waals surface area contributed by atoms with Gasteiger partial charge in [-0.15, -0.1) is 0 Å². The normalized spacial score (nSPS) is 18.5. The molecular formula is C13H18O2S. The third kappa shape index (κ3) is 2.71. The van der Waals surface area contributed by atoms with E-state index in [0.29, 0.717) is 0 Å². The van der Waals surface area contributed by atoms with Gasteiger partial charge >= 0.3 is 0 Å². The topological polar surface area (TPSA) is 29.5 Å². The molecule has 2 rings (SSSR count). The Kier molecular flexibility index (Phi) is 4.13. The summed E-state index contributed by atoms with van der Waals surface area (Å²) in [6.45, 7) is 0.780. The number of hydrogen-bond donors (Lipinski definition) is 1. The Labute approximate surface area is 101 Å². The number of benzene rings is 1. The molecule has 16 heavy (non-hydrogen) atoms. The van der Waals surface area contributed by atoms with E-state index in [-0.39, 0.29) is 6.10 Å². The summed E-state index contributed by atoms with van der Waals surface area (Å²) in [6, 6.07) is 6.04. The van der Waals surface area contributed by atoms with Gasteiger partial charge in [-0.25, -0.2) is 0 Å². The third-order valence-corrected chi connectivity index (χ3v) is 3.62. The van der Waals surface area contributed by atoms with Crippen LogP contribution >= 0.6 is 11.8 Å². The van der Waals surface area contributed by atoms with Gasteiger partial charge in [0.2, 0.25) is 0 Å². The monoisotopic (exact) mass is 238 g/mol. The lowest BCUT2D eigenvalue weighted by molar-refractivity contribution is 0.180. The van der Waals surface area contributed by atoms with Crippen LogP contribution in [0.2, 0.25) is 0 Å². The van der Waals surface area contributed by atoms with Crippen molar-refractivity contribution in [3.63, 3.8) is 0 Å². The molecule has 88 valence electrons. The number of rotatable bonds is 5. The summed E-state index contributed by atoms with van der Waals surface area (Å²) in [7, 11) is 0. The summed E-state index contributed by atoms with van der Waals surface area (Å²) in [5.41, 5.74) is 2.33. The van der Waals surface area contributed by atoms with Crippen molar-refractivity contribution in [1.29, 1.82) is 0 Å². The highest BCUT2D eigenvalue weighted by molar-refractivity contribution is 7.98. The van der Waals surface area contributed by atoms with E-state index in [1.54, 1.807) is 0 Å². The van der Waals surface area contributed by atoms with Crippen LogP contribution in [0.25, 0.3) is 0 Å². The number of thioether (sulfide) groups is 1. The minimum Gasteiger partial charge on any atom is -0.494 e. The quantitative estimate of drug-likeness (QED) is 0.800. The van der Waals surface area contributed by atoms with E-state index in [1.807, 2.05) is 23.9 Å². The molecule has 0 aromatic heterocycles. The number of aliphatic hydroxyl groups excluding tert-OH is 1. The van der Waals surface area contributed by atoms with Gasteiger partial charge in [-0.1, -0.05) is 6.07 Å². The second-order valence-electron chi connectivity index (χ2n) is 4.11. The average molecular weight is 238 g/mol. The van der Waals surface area contributed by atoms with Crippen LogP contribution in [0.1, 0.15) is 30.1 Å². The van der Waals surface area contributed by atoms with Crippen LogP contribution in [0, 0.1) is 0 Å². The van der Waals surface area contributed by atoms with E-state index in [0.717, 1.165) is 42.9 Å². The van der Waals surface area contributed by atoms with E-state index in [2.05, 4.69) is 12.3 Å². The first kappa shape index (κ1) is 11.8. The molecule has 1 aromatic rings. The number of aliphatic hydroxyl groups is 1. The van der Waals surface area contributed by atoms with Crippen LogP contribution in [-0.4, -0.2) is 23.7 Å². The molecule has 0 spiro atoms. The fourth-order valence-corrected chi connectivity index (χ4v) is 2.46. The Morgan fingerprint density at radius 1 is 1.50 bits per heavy atom. The summed E-state index contributed by atoms with van der Waals surface area (Å²) in [5, 5.41) is 9.67. The van der Waals surface area contributed by atoms with Crippen LogP contribution in [0.5, 0.6) is 5.75 Å². The van der Waals surface area contributed by atoms with Crippen molar-refractivity contribution in [3.05, 3.63) is 29.3 Å². The number of ether oxygens (including phenoxy) is 1. The molecule has 3 heteroatoms. The molecule has 1 aliphatic rings. The third-order valence-electron chi connectivity index (χ3n) is 2.92. The van der Waals surface area contributed by atoms with Gasteiger partial charge in [0.1, 0.15) is 5.75 Å². The zero-order valence-corrected chi connectivity index (χ0v) is 10.4. The van der Waals surface area contributed by atoms with Gasteiger partial charge in [0, 0.05) is 0 Å². The predicted octanol–water partition coefficient (Wildman–Crippen LogP) is 2.80. The summed E-state index contributed by atoms with van der Waals surface area (Å²) in [5.74, 6) is 2.08. The van der Waals surface area contributed by atoms with Crippen LogP contribution in [0.15, 0.2) is 18.2 Å². The molecule has 1 aromatic carbocycles. The minimum absolute atomic E-state index is 0.263. The van der Waals surface area contributed by atoms with Crippen molar-refractivity contribution in [2.45, 2.75) is 25.4 Å². The zero-order chi connectivity index (χ0) is 11.4. The molecule has 0 aliphatic heterocycles. The Balaban J connectivity index is 1.92. The molecule has 2 nitrogen and oxygen atoms in total. The molecule has 0 saturated carbocycles. The first-order valence-corrected chi connectivity index (χ1v) is 7.13. The van der Waals surface area contributed by atoms with E-state index in [4.69, 9.17) is 4.74 Å². The molecule has 0 fully saturated rings. The molecule has 0 radical (unpaired) electrons. The van der Waals surface area contributed by atoms with Crippen molar-refractivity contribution < 1.29 is 9.84 Å². The van der Waals surface area contributed by atoms with Crippen LogP contribution in [0.4, 0.5) is 0 Å². The highest BCUT2D eigenvalue weighted by atomic mass is 32.2. The Bertz CT molecular complexity index is 352. The number of aryl methyl sites for hydroxylation is 1. The fraction of sp³-hybridized carbons (Fsp3) is 0.538. The van der Waals surface area contributed by atoms with Gasteiger partial charge < -0.3 is 9.84 Å². The first-order valence-electron chi connectivity index (χ1n) is 5.74. The number of hydrogen-bond acceptors (Lipinski definition) is 3. The molecule has 0 saturated heterocycles. The molecule has 1 aliphatic carbocycles. The fourth-order valence-electron chi connectivity index (χ4n) is 2.05. The van der Waals surface area contributed by atoms with E-state index in [9.17, 15) is 5.11 Å². The van der Waals surface area contributed by atoms with Crippen LogP contribution in [0.3, 0.4) is 0 Å². The summed E-state index contributed by atoms with van der Waals surface area (Å²) < 4.78 is 5.67. The molecule has 0 bridgehead atoms. The van der Waals surface area contributed by atoms with Crippen LogP contribution < -0.4 is 4.74 Å². The van der Waals surface area contributed by atoms with E-state index >= 15 is 0 Å². The smallest absolute Gasteiger partial charge is 0.119 e. The van der Waals surface area contributed by atoms with E-state index in [1.165, 1.54) is 5.56 Å². The van der Waals surface area contributed by atoms with E-state index < -0.39 is 0 Å². The lowest BCUT2D eigenvalue weighted by Gasteiger charge is -2.08. The van der Waals surface area contributed by atoms with Crippen molar-refractivity contribution in [1.82, 2.24) is 0 Å². The van der Waals surface area contributed by atoms with Crippen molar-refractivity contribution >= 4 is 11.8 Å². The largest absolute Gasteiger partial charge is 0.494 e. The van der Waals surface area contributed by atoms with Crippen molar-refractivity contribution in [2.75, 3.05) is 18.6 Å². The first-order chi connectivity index (χ1) is 7.81. The van der Waals surface area contributed by atoms with Crippen molar-refractivity contribution in [2.24, 2.45) is 0 Å². The van der Waals surface area contributed by atoms with Gasteiger partial charge in [-0.05, 0) is 54.5 Å². The standard InChI is InChI=1S/C13H18O2S/c1-16-8-2-7-15-11-4-5-12-10(9-11)3-6-13(12)14/h4-5,9,13-14H,2-3,6-8H2,1H3. The maximum absolute atomic E-state index is 9.67. The summed E-state index contributed by atoms with van der Waals surface area (Å²) in [4.78, 5) is 0. The SMILES string of the molecule is CSCCCOc1ccc2c(c1)CCC2O. The Morgan fingerprint density at radius 3 is 3.19 bits per heavy atom. The maximum Gasteiger partial charge on any atom is 0.119 e. The highest BCUT2D eigenvalue weighted by Crippen LogP contribution is 2.33. The lowest BCUT2D eigenvalue weighted by Crippen LogP contribution is -1.99. The Hall–Kier alpha value is -0.670. The number of fused-ring (bicyclic) bond motifs is 1. The molecule has 0 amide bonds. The second-order valence-corrected chi connectivity index (χ2v) is 5.10. The van der Waals surface area contributed by atoms with Gasteiger partial charge in [-0.3, -0.25) is 0 Å². The van der Waals surface area contributed by atoms with Gasteiger partial charge in [0.05, 0.1) is 12.7 Å². The van der Waals surface area contributed by atoms with Gasteiger partial charge in [-0.2, -0.15) is 11.8 Å². The predicted molar refractivity (Wildman–Crippen MR) is 68.2 cm³/mol. The summed E-state index contributed by atoms with van der Waals surface area (Å²) in [6.07, 6.45) is 4.75. The minimum atomic E-state index is -0.263. The van der Waals surface area contributed by atoms with Gasteiger partial charge in [0.15, 0.2) is 0 Å². The molecule has 1 atom stereocenters. The molecule has 1 unspecified atom stereocenters. The zero-order valence-electron chi connectivity index (χ0n) is 9.61. The molecule has 0 heterocycles. The van der Waals surface area contributed by atoms with Crippen LogP contribution in [-0.2, 0) is 6.42 Å². The molecular weight excluding hydrogens is 220 g/mol. The average Bonchev–Trinajstić information content (AvgIpc) is 2.66. The van der Waals surface area contributed by atoms with Crippen molar-refractivity contribution in [3.8, 4) is 5.75 Å². The molecule has 1 N–H and O–H groups in total. The summed E-state index contributed by atoms with van der Waals surface area (Å²) >= 11 is 1.84.